The minimum atomic E-state index is -0.333. The fourth-order valence-corrected chi connectivity index (χ4v) is 1.33. The number of carbonyl (C=O) groups is 1. The molecular formula is C8H16N2O2. The molecule has 1 saturated heterocycles. The van der Waals surface area contributed by atoms with Crippen LogP contribution in [0.25, 0.3) is 0 Å². The molecule has 12 heavy (non-hydrogen) atoms. The second kappa shape index (κ2) is 4.98. The maximum Gasteiger partial charge on any atom is 0.406 e. The van der Waals surface area contributed by atoms with Gasteiger partial charge in [0.05, 0.1) is 6.61 Å². The standard InChI is InChI=1S/C8H16N2O2/c1-9-8(11)12-6-7-3-2-4-10-5-7/h7,10H,2-6H2,1H3,(H,9,11). The van der Waals surface area contributed by atoms with Crippen molar-refractivity contribution in [2.45, 2.75) is 12.8 Å². The largest absolute Gasteiger partial charge is 0.449 e. The molecule has 1 aliphatic rings. The number of amides is 1. The number of hydrogen-bond donors (Lipinski definition) is 2. The third-order valence-electron chi connectivity index (χ3n) is 2.05. The summed E-state index contributed by atoms with van der Waals surface area (Å²) in [6.45, 7) is 2.60. The van der Waals surface area contributed by atoms with Gasteiger partial charge in [-0.3, -0.25) is 0 Å². The van der Waals surface area contributed by atoms with E-state index in [1.165, 1.54) is 6.42 Å². The van der Waals surface area contributed by atoms with Gasteiger partial charge in [-0.05, 0) is 19.4 Å². The summed E-state index contributed by atoms with van der Waals surface area (Å²) in [5, 5.41) is 5.69. The van der Waals surface area contributed by atoms with E-state index in [0.717, 1.165) is 19.5 Å². The quantitative estimate of drug-likeness (QED) is 0.631. The number of hydrogen-bond acceptors (Lipinski definition) is 3. The minimum absolute atomic E-state index is 0.333. The average Bonchev–Trinajstić information content (AvgIpc) is 2.16. The van der Waals surface area contributed by atoms with E-state index >= 15 is 0 Å². The molecule has 0 radical (unpaired) electrons. The summed E-state index contributed by atoms with van der Waals surface area (Å²) in [6.07, 6.45) is 2.01. The maximum atomic E-state index is 10.7. The molecule has 0 saturated carbocycles. The minimum Gasteiger partial charge on any atom is -0.449 e. The van der Waals surface area contributed by atoms with E-state index in [9.17, 15) is 4.79 Å². The zero-order chi connectivity index (χ0) is 8.81. The van der Waals surface area contributed by atoms with Gasteiger partial charge in [0.1, 0.15) is 0 Å². The second-order valence-corrected chi connectivity index (χ2v) is 3.06. The van der Waals surface area contributed by atoms with Crippen molar-refractivity contribution in [1.82, 2.24) is 10.6 Å². The molecule has 1 unspecified atom stereocenters. The third kappa shape index (κ3) is 3.09. The van der Waals surface area contributed by atoms with Crippen molar-refractivity contribution in [3.63, 3.8) is 0 Å². The Labute approximate surface area is 72.7 Å². The van der Waals surface area contributed by atoms with Crippen LogP contribution in [-0.2, 0) is 4.74 Å². The molecule has 0 aromatic carbocycles. The number of carbonyl (C=O) groups excluding carboxylic acids is 1. The highest BCUT2D eigenvalue weighted by molar-refractivity contribution is 5.66. The lowest BCUT2D eigenvalue weighted by atomic mass is 10.0. The Morgan fingerprint density at radius 2 is 2.58 bits per heavy atom. The summed E-state index contributed by atoms with van der Waals surface area (Å²) in [6, 6.07) is 0. The van der Waals surface area contributed by atoms with Crippen molar-refractivity contribution in [3.05, 3.63) is 0 Å². The van der Waals surface area contributed by atoms with Crippen LogP contribution in [0.5, 0.6) is 0 Å². The first-order chi connectivity index (χ1) is 5.83. The van der Waals surface area contributed by atoms with Gasteiger partial charge in [-0.1, -0.05) is 0 Å². The van der Waals surface area contributed by atoms with Crippen LogP contribution in [-0.4, -0.2) is 32.8 Å². The van der Waals surface area contributed by atoms with Gasteiger partial charge in [0.2, 0.25) is 0 Å². The van der Waals surface area contributed by atoms with Crippen molar-refractivity contribution >= 4 is 6.09 Å². The highest BCUT2D eigenvalue weighted by Gasteiger charge is 2.14. The molecule has 1 fully saturated rings. The fourth-order valence-electron chi connectivity index (χ4n) is 1.33. The molecule has 0 spiro atoms. The highest BCUT2D eigenvalue weighted by Crippen LogP contribution is 2.09. The van der Waals surface area contributed by atoms with Crippen LogP contribution in [0, 0.1) is 5.92 Å². The predicted molar refractivity (Wildman–Crippen MR) is 46.0 cm³/mol. The van der Waals surface area contributed by atoms with E-state index in [2.05, 4.69) is 10.6 Å². The summed E-state index contributed by atoms with van der Waals surface area (Å²) in [5.74, 6) is 0.496. The Balaban J connectivity index is 2.09. The topological polar surface area (TPSA) is 50.4 Å². The van der Waals surface area contributed by atoms with Crippen molar-refractivity contribution in [2.75, 3.05) is 26.7 Å². The Hall–Kier alpha value is -0.770. The summed E-state index contributed by atoms with van der Waals surface area (Å²) >= 11 is 0. The lowest BCUT2D eigenvalue weighted by molar-refractivity contribution is 0.121. The molecule has 1 rings (SSSR count). The number of ether oxygens (including phenoxy) is 1. The van der Waals surface area contributed by atoms with E-state index in [-0.39, 0.29) is 6.09 Å². The number of rotatable bonds is 2. The van der Waals surface area contributed by atoms with Crippen molar-refractivity contribution in [3.8, 4) is 0 Å². The summed E-state index contributed by atoms with van der Waals surface area (Å²) in [4.78, 5) is 10.7. The van der Waals surface area contributed by atoms with Crippen molar-refractivity contribution in [2.24, 2.45) is 5.92 Å². The van der Waals surface area contributed by atoms with Gasteiger partial charge in [0, 0.05) is 19.5 Å². The molecule has 1 amide bonds. The molecule has 4 heteroatoms. The SMILES string of the molecule is CNC(=O)OCC1CCCNC1. The van der Waals surface area contributed by atoms with Crippen LogP contribution >= 0.6 is 0 Å². The highest BCUT2D eigenvalue weighted by atomic mass is 16.5. The molecule has 0 aliphatic carbocycles. The molecule has 1 heterocycles. The normalized spacial score (nSPS) is 23.2. The van der Waals surface area contributed by atoms with E-state index < -0.39 is 0 Å². The number of piperidine rings is 1. The molecule has 2 N–H and O–H groups in total. The lowest BCUT2D eigenvalue weighted by Crippen LogP contribution is -2.33. The molecule has 1 atom stereocenters. The zero-order valence-corrected chi connectivity index (χ0v) is 7.43. The van der Waals surface area contributed by atoms with E-state index in [4.69, 9.17) is 4.74 Å². The Bertz CT molecular complexity index is 144. The van der Waals surface area contributed by atoms with E-state index in [0.29, 0.717) is 12.5 Å². The third-order valence-corrected chi connectivity index (χ3v) is 2.05. The monoisotopic (exact) mass is 172 g/mol. The van der Waals surface area contributed by atoms with Gasteiger partial charge < -0.3 is 15.4 Å². The first-order valence-corrected chi connectivity index (χ1v) is 4.38. The van der Waals surface area contributed by atoms with Gasteiger partial charge in [0.15, 0.2) is 0 Å². The summed E-state index contributed by atoms with van der Waals surface area (Å²) < 4.78 is 4.94. The van der Waals surface area contributed by atoms with Crippen LogP contribution in [0.2, 0.25) is 0 Å². The van der Waals surface area contributed by atoms with Gasteiger partial charge in [-0.2, -0.15) is 0 Å². The average molecular weight is 172 g/mol. The van der Waals surface area contributed by atoms with E-state index in [1.807, 2.05) is 0 Å². The first kappa shape index (κ1) is 9.32. The lowest BCUT2D eigenvalue weighted by Gasteiger charge is -2.21. The Morgan fingerprint density at radius 1 is 1.75 bits per heavy atom. The second-order valence-electron chi connectivity index (χ2n) is 3.06. The molecule has 0 aromatic rings. The van der Waals surface area contributed by atoms with Crippen molar-refractivity contribution < 1.29 is 9.53 Å². The Kier molecular flexibility index (Phi) is 3.87. The number of alkyl carbamates (subject to hydrolysis) is 1. The van der Waals surface area contributed by atoms with E-state index in [1.54, 1.807) is 7.05 Å². The molecule has 4 nitrogen and oxygen atoms in total. The maximum absolute atomic E-state index is 10.7. The van der Waals surface area contributed by atoms with Gasteiger partial charge in [0.25, 0.3) is 0 Å². The fraction of sp³-hybridized carbons (Fsp3) is 0.875. The summed E-state index contributed by atoms with van der Waals surface area (Å²) in [7, 11) is 1.57. The predicted octanol–water partition coefficient (Wildman–Crippen LogP) is 0.342. The molecule has 0 bridgehead atoms. The van der Waals surface area contributed by atoms with Gasteiger partial charge in [-0.25, -0.2) is 4.79 Å². The van der Waals surface area contributed by atoms with Crippen LogP contribution in [0.15, 0.2) is 0 Å². The Morgan fingerprint density at radius 3 is 3.17 bits per heavy atom. The molecular weight excluding hydrogens is 156 g/mol. The van der Waals surface area contributed by atoms with Crippen LogP contribution in [0.3, 0.4) is 0 Å². The first-order valence-electron chi connectivity index (χ1n) is 4.38. The van der Waals surface area contributed by atoms with Crippen LogP contribution < -0.4 is 10.6 Å². The molecule has 1 aliphatic heterocycles. The zero-order valence-electron chi connectivity index (χ0n) is 7.43. The van der Waals surface area contributed by atoms with Crippen molar-refractivity contribution in [1.29, 1.82) is 0 Å². The number of nitrogens with one attached hydrogen (secondary N) is 2. The summed E-state index contributed by atoms with van der Waals surface area (Å²) in [5.41, 5.74) is 0. The molecule has 70 valence electrons. The van der Waals surface area contributed by atoms with Gasteiger partial charge >= 0.3 is 6.09 Å². The smallest absolute Gasteiger partial charge is 0.406 e. The van der Waals surface area contributed by atoms with Crippen LogP contribution in [0.1, 0.15) is 12.8 Å². The van der Waals surface area contributed by atoms with Gasteiger partial charge in [-0.15, -0.1) is 0 Å². The van der Waals surface area contributed by atoms with Crippen LogP contribution in [0.4, 0.5) is 4.79 Å². The molecule has 0 aromatic heterocycles.